The molecule has 0 N–H and O–H groups in total. The second-order valence-corrected chi connectivity index (χ2v) is 2.81. The normalized spacial score (nSPS) is 12.8. The molecular weight excluding hydrogens is 160 g/mol. The second-order valence-electron chi connectivity index (χ2n) is 2.81. The van der Waals surface area contributed by atoms with Crippen molar-refractivity contribution in [1.29, 1.82) is 0 Å². The molecule has 0 saturated carbocycles. The molecular formula is C11H16N2. The van der Waals surface area contributed by atoms with E-state index in [0.29, 0.717) is 0 Å². The molecule has 1 aromatic rings. The molecule has 13 heavy (non-hydrogen) atoms. The van der Waals surface area contributed by atoms with Crippen LogP contribution in [0.15, 0.2) is 17.4 Å². The molecule has 0 saturated heterocycles. The van der Waals surface area contributed by atoms with Crippen molar-refractivity contribution in [2.45, 2.75) is 33.6 Å². The predicted molar refractivity (Wildman–Crippen MR) is 56.8 cm³/mol. The first-order valence-corrected chi connectivity index (χ1v) is 4.84. The molecule has 0 spiro atoms. The molecule has 1 aromatic heterocycles. The van der Waals surface area contributed by atoms with Gasteiger partial charge in [0.15, 0.2) is 0 Å². The zero-order valence-electron chi connectivity index (χ0n) is 8.54. The van der Waals surface area contributed by atoms with Crippen molar-refractivity contribution in [3.8, 4) is 0 Å². The van der Waals surface area contributed by atoms with E-state index in [9.17, 15) is 0 Å². The molecule has 2 heterocycles. The maximum Gasteiger partial charge on any atom is 0.0717 e. The van der Waals surface area contributed by atoms with E-state index in [1.807, 2.05) is 32.5 Å². The first-order valence-electron chi connectivity index (χ1n) is 4.84. The van der Waals surface area contributed by atoms with Crippen LogP contribution >= 0.6 is 0 Å². The first kappa shape index (κ1) is 9.90. The Bertz CT molecular complexity index is 303. The Hall–Kier alpha value is -1.18. The summed E-state index contributed by atoms with van der Waals surface area (Å²) in [5.74, 6) is 0. The van der Waals surface area contributed by atoms with Crippen molar-refractivity contribution >= 4 is 11.9 Å². The maximum atomic E-state index is 4.33. The predicted octanol–water partition coefficient (Wildman–Crippen LogP) is 3.06. The van der Waals surface area contributed by atoms with Crippen LogP contribution in [0.4, 0.5) is 5.69 Å². The van der Waals surface area contributed by atoms with Crippen LogP contribution in [0.5, 0.6) is 0 Å². The van der Waals surface area contributed by atoms with Crippen LogP contribution in [0.2, 0.25) is 0 Å². The Morgan fingerprint density at radius 2 is 2.00 bits per heavy atom. The number of rotatable bonds is 0. The molecule has 0 atom stereocenters. The molecule has 70 valence electrons. The minimum absolute atomic E-state index is 1.05. The second kappa shape index (κ2) is 4.75. The third kappa shape index (κ3) is 2.14. The highest BCUT2D eigenvalue weighted by atomic mass is 14.8. The molecule has 1 aliphatic rings. The standard InChI is InChI=1S/C9H10N2.C2H6/c1-7-5-10-6-8-3-2-4-11-9(7)8;1-2/h4-6H,2-3H2,1H3;1-2H3. The average molecular weight is 176 g/mol. The molecule has 2 nitrogen and oxygen atoms in total. The highest BCUT2D eigenvalue weighted by molar-refractivity contribution is 5.70. The van der Waals surface area contributed by atoms with Gasteiger partial charge in [0.25, 0.3) is 0 Å². The number of nitrogens with zero attached hydrogens (tertiary/aromatic N) is 2. The van der Waals surface area contributed by atoms with E-state index in [2.05, 4.69) is 16.9 Å². The topological polar surface area (TPSA) is 25.2 Å². The number of hydrogen-bond donors (Lipinski definition) is 0. The number of aromatic nitrogens is 1. The third-order valence-electron chi connectivity index (χ3n) is 1.94. The fourth-order valence-corrected chi connectivity index (χ4v) is 1.36. The lowest BCUT2D eigenvalue weighted by atomic mass is 10.1. The smallest absolute Gasteiger partial charge is 0.0717 e. The van der Waals surface area contributed by atoms with Gasteiger partial charge in [-0.05, 0) is 30.9 Å². The molecule has 0 radical (unpaired) electrons. The van der Waals surface area contributed by atoms with Crippen molar-refractivity contribution < 1.29 is 0 Å². The van der Waals surface area contributed by atoms with Gasteiger partial charge < -0.3 is 0 Å². The van der Waals surface area contributed by atoms with E-state index in [1.165, 1.54) is 11.1 Å². The summed E-state index contributed by atoms with van der Waals surface area (Å²) in [6.07, 6.45) is 7.90. The van der Waals surface area contributed by atoms with Gasteiger partial charge in [-0.25, -0.2) is 0 Å². The molecule has 0 amide bonds. The van der Waals surface area contributed by atoms with Crippen molar-refractivity contribution in [2.75, 3.05) is 0 Å². The van der Waals surface area contributed by atoms with Gasteiger partial charge in [-0.1, -0.05) is 13.8 Å². The van der Waals surface area contributed by atoms with Crippen LogP contribution in [0.3, 0.4) is 0 Å². The summed E-state index contributed by atoms with van der Waals surface area (Å²) < 4.78 is 0. The van der Waals surface area contributed by atoms with Gasteiger partial charge in [-0.15, -0.1) is 0 Å². The highest BCUT2D eigenvalue weighted by Gasteiger charge is 2.06. The number of aryl methyl sites for hydroxylation is 2. The fourth-order valence-electron chi connectivity index (χ4n) is 1.36. The van der Waals surface area contributed by atoms with E-state index >= 15 is 0 Å². The van der Waals surface area contributed by atoms with Gasteiger partial charge in [0, 0.05) is 18.6 Å². The van der Waals surface area contributed by atoms with Crippen molar-refractivity contribution in [3.05, 3.63) is 23.5 Å². The first-order chi connectivity index (χ1) is 6.38. The molecule has 0 aromatic carbocycles. The maximum absolute atomic E-state index is 4.33. The van der Waals surface area contributed by atoms with E-state index in [-0.39, 0.29) is 0 Å². The van der Waals surface area contributed by atoms with Crippen LogP contribution in [0.1, 0.15) is 31.4 Å². The van der Waals surface area contributed by atoms with Crippen LogP contribution in [0.25, 0.3) is 0 Å². The lowest BCUT2D eigenvalue weighted by Crippen LogP contribution is -1.95. The lowest BCUT2D eigenvalue weighted by molar-refractivity contribution is 0.999. The average Bonchev–Trinajstić information content (AvgIpc) is 2.22. The van der Waals surface area contributed by atoms with E-state index in [0.717, 1.165) is 18.5 Å². The van der Waals surface area contributed by atoms with E-state index in [4.69, 9.17) is 0 Å². The van der Waals surface area contributed by atoms with Crippen molar-refractivity contribution in [1.82, 2.24) is 4.98 Å². The van der Waals surface area contributed by atoms with Gasteiger partial charge in [0.1, 0.15) is 0 Å². The summed E-state index contributed by atoms with van der Waals surface area (Å²) in [7, 11) is 0. The molecule has 1 aliphatic heterocycles. The summed E-state index contributed by atoms with van der Waals surface area (Å²) in [5.41, 5.74) is 3.59. The molecule has 0 fully saturated rings. The van der Waals surface area contributed by atoms with Crippen molar-refractivity contribution in [3.63, 3.8) is 0 Å². The number of pyridine rings is 1. The van der Waals surface area contributed by atoms with Crippen LogP contribution in [0, 0.1) is 6.92 Å². The molecule has 0 unspecified atom stereocenters. The summed E-state index contributed by atoms with van der Waals surface area (Å²) >= 11 is 0. The van der Waals surface area contributed by atoms with Gasteiger partial charge in [-0.3, -0.25) is 9.98 Å². The van der Waals surface area contributed by atoms with Crippen LogP contribution in [-0.4, -0.2) is 11.2 Å². The molecule has 0 aliphatic carbocycles. The number of hydrogen-bond acceptors (Lipinski definition) is 2. The third-order valence-corrected chi connectivity index (χ3v) is 1.94. The zero-order chi connectivity index (χ0) is 9.68. The zero-order valence-corrected chi connectivity index (χ0v) is 8.54. The Labute approximate surface area is 79.7 Å². The van der Waals surface area contributed by atoms with Gasteiger partial charge in [0.2, 0.25) is 0 Å². The molecule has 2 heteroatoms. The summed E-state index contributed by atoms with van der Waals surface area (Å²) in [4.78, 5) is 8.45. The molecule has 2 rings (SSSR count). The van der Waals surface area contributed by atoms with Gasteiger partial charge in [0.05, 0.1) is 5.69 Å². The Morgan fingerprint density at radius 3 is 2.69 bits per heavy atom. The summed E-state index contributed by atoms with van der Waals surface area (Å²) in [6.45, 7) is 6.05. The van der Waals surface area contributed by atoms with Crippen molar-refractivity contribution in [2.24, 2.45) is 4.99 Å². The summed E-state index contributed by atoms with van der Waals surface area (Å²) in [5, 5.41) is 0. The summed E-state index contributed by atoms with van der Waals surface area (Å²) in [6, 6.07) is 0. The Morgan fingerprint density at radius 1 is 1.23 bits per heavy atom. The minimum atomic E-state index is 1.05. The van der Waals surface area contributed by atoms with E-state index < -0.39 is 0 Å². The highest BCUT2D eigenvalue weighted by Crippen LogP contribution is 2.25. The number of fused-ring (bicyclic) bond motifs is 1. The Balaban J connectivity index is 0.000000396. The fraction of sp³-hybridized carbons (Fsp3) is 0.455. The quantitative estimate of drug-likeness (QED) is 0.596. The SMILES string of the molecule is CC.Cc1cncc2c1N=CCC2. The lowest BCUT2D eigenvalue weighted by Gasteiger charge is -2.09. The number of aliphatic imine (C=N–C) groups is 1. The molecule has 0 bridgehead atoms. The monoisotopic (exact) mass is 176 g/mol. The van der Waals surface area contributed by atoms with Gasteiger partial charge in [-0.2, -0.15) is 0 Å². The van der Waals surface area contributed by atoms with Crippen LogP contribution < -0.4 is 0 Å². The van der Waals surface area contributed by atoms with Gasteiger partial charge >= 0.3 is 0 Å². The largest absolute Gasteiger partial charge is 0.264 e. The Kier molecular flexibility index (Phi) is 3.62. The van der Waals surface area contributed by atoms with Crippen LogP contribution in [-0.2, 0) is 6.42 Å². The van der Waals surface area contributed by atoms with E-state index in [1.54, 1.807) is 0 Å². The minimum Gasteiger partial charge on any atom is -0.264 e.